The molecule has 62 heavy (non-hydrogen) atoms. The summed E-state index contributed by atoms with van der Waals surface area (Å²) >= 11 is 2.77. The Morgan fingerprint density at radius 1 is 0.935 bits per heavy atom. The maximum atomic E-state index is 14.4. The van der Waals surface area contributed by atoms with E-state index < -0.39 is 30.0 Å². The van der Waals surface area contributed by atoms with Crippen LogP contribution in [-0.2, 0) is 27.5 Å². The van der Waals surface area contributed by atoms with Crippen molar-refractivity contribution in [2.75, 3.05) is 55.2 Å². The summed E-state index contributed by atoms with van der Waals surface area (Å²) in [6, 6.07) is 13.2. The second kappa shape index (κ2) is 17.7. The van der Waals surface area contributed by atoms with Gasteiger partial charge in [-0.1, -0.05) is 12.1 Å². The van der Waals surface area contributed by atoms with Gasteiger partial charge in [-0.3, -0.25) is 34.2 Å². The van der Waals surface area contributed by atoms with Crippen LogP contribution < -0.4 is 15.5 Å². The van der Waals surface area contributed by atoms with Gasteiger partial charge >= 0.3 is 0 Å². The summed E-state index contributed by atoms with van der Waals surface area (Å²) in [5.41, 5.74) is 3.57. The molecule has 3 unspecified atom stereocenters. The average molecular weight is 883 g/mol. The normalized spacial score (nSPS) is 21.2. The van der Waals surface area contributed by atoms with Crippen LogP contribution in [0.15, 0.2) is 71.1 Å². The van der Waals surface area contributed by atoms with Crippen molar-refractivity contribution in [2.45, 2.75) is 74.4 Å². The number of piperazine rings is 1. The number of aliphatic hydroxyl groups is 1. The summed E-state index contributed by atoms with van der Waals surface area (Å²) < 4.78 is 14.4. The van der Waals surface area contributed by atoms with Crippen LogP contribution in [0.1, 0.15) is 75.6 Å². The van der Waals surface area contributed by atoms with Crippen LogP contribution >= 0.6 is 23.1 Å². The Morgan fingerprint density at radius 3 is 2.50 bits per heavy atom. The maximum Gasteiger partial charge on any atom is 0.255 e. The monoisotopic (exact) mass is 882 g/mol. The third-order valence-corrected chi connectivity index (χ3v) is 14.5. The lowest BCUT2D eigenvalue weighted by Gasteiger charge is -2.43. The van der Waals surface area contributed by atoms with Crippen LogP contribution in [-0.4, -0.2) is 128 Å². The van der Waals surface area contributed by atoms with Crippen molar-refractivity contribution in [2.24, 2.45) is 0 Å². The Hall–Kier alpha value is -5.56. The molecule has 3 fully saturated rings. The number of nitrogens with one attached hydrogen (secondary N) is 2. The summed E-state index contributed by atoms with van der Waals surface area (Å²) in [7, 11) is 0. The fourth-order valence-corrected chi connectivity index (χ4v) is 10.9. The molecule has 9 rings (SSSR count). The molecule has 5 amide bonds. The van der Waals surface area contributed by atoms with Gasteiger partial charge < -0.3 is 35.1 Å². The smallest absolute Gasteiger partial charge is 0.255 e. The first-order valence-electron chi connectivity index (χ1n) is 21.0. The van der Waals surface area contributed by atoms with Gasteiger partial charge in [0.15, 0.2) is 5.13 Å². The number of phenols is 1. The number of fused-ring (bicyclic) bond motifs is 2. The largest absolute Gasteiger partial charge is 0.508 e. The van der Waals surface area contributed by atoms with Crippen molar-refractivity contribution in [1.82, 2.24) is 29.9 Å². The van der Waals surface area contributed by atoms with Crippen LogP contribution in [0.5, 0.6) is 5.75 Å². The maximum absolute atomic E-state index is 14.4. The molecule has 18 heteroatoms. The average Bonchev–Trinajstić information content (AvgIpc) is 4.00. The molecule has 0 saturated carbocycles. The number of hydrogen-bond donors (Lipinski definition) is 4. The zero-order chi connectivity index (χ0) is 43.1. The summed E-state index contributed by atoms with van der Waals surface area (Å²) in [4.78, 5) is 81.5. The van der Waals surface area contributed by atoms with Crippen LogP contribution in [0.2, 0.25) is 0 Å². The minimum Gasteiger partial charge on any atom is -0.508 e. The Balaban J connectivity index is 0.754. The summed E-state index contributed by atoms with van der Waals surface area (Å²) in [6.45, 7) is 4.92. The van der Waals surface area contributed by atoms with E-state index >= 15 is 0 Å². The van der Waals surface area contributed by atoms with Crippen LogP contribution in [0.3, 0.4) is 0 Å². The van der Waals surface area contributed by atoms with Crippen molar-refractivity contribution >= 4 is 63.5 Å². The number of aliphatic hydroxyl groups excluding tert-OH is 1. The number of halogens is 1. The molecule has 4 aromatic rings. The van der Waals surface area contributed by atoms with Crippen LogP contribution in [0.4, 0.5) is 15.2 Å². The number of carbonyl (C=O) groups is 5. The number of phenolic OH excluding ortho intramolecular Hbond substituents is 1. The number of aromatic nitrogens is 1. The van der Waals surface area contributed by atoms with Gasteiger partial charge in [0.2, 0.25) is 11.8 Å². The Labute approximate surface area is 365 Å². The van der Waals surface area contributed by atoms with Gasteiger partial charge in [-0.2, -0.15) is 0 Å². The zero-order valence-electron chi connectivity index (χ0n) is 33.9. The molecule has 5 aliphatic rings. The van der Waals surface area contributed by atoms with E-state index in [1.54, 1.807) is 28.1 Å². The zero-order valence-corrected chi connectivity index (χ0v) is 35.5. The van der Waals surface area contributed by atoms with E-state index in [1.807, 2.05) is 35.2 Å². The summed E-state index contributed by atoms with van der Waals surface area (Å²) in [5.74, 6) is -1.76. The lowest BCUT2D eigenvalue weighted by molar-refractivity contribution is -0.133. The molecule has 3 saturated heterocycles. The van der Waals surface area contributed by atoms with Crippen molar-refractivity contribution in [3.8, 4) is 5.75 Å². The number of thiazole rings is 1. The Bertz CT molecular complexity index is 2390. The van der Waals surface area contributed by atoms with Crippen molar-refractivity contribution in [3.63, 3.8) is 0 Å². The fourth-order valence-electron chi connectivity index (χ4n) is 9.39. The molecule has 0 bridgehead atoms. The molecule has 1 aromatic heterocycles. The number of amides is 5. The van der Waals surface area contributed by atoms with Gasteiger partial charge in [-0.25, -0.2) is 9.37 Å². The van der Waals surface area contributed by atoms with E-state index in [2.05, 4.69) is 25.4 Å². The minimum atomic E-state index is -1.30. The summed E-state index contributed by atoms with van der Waals surface area (Å²) in [5, 5.41) is 27.8. The molecule has 0 spiro atoms. The first-order valence-corrected chi connectivity index (χ1v) is 22.8. The Kier molecular flexibility index (Phi) is 11.9. The highest BCUT2D eigenvalue weighted by molar-refractivity contribution is 7.99. The summed E-state index contributed by atoms with van der Waals surface area (Å²) in [6.07, 6.45) is 3.68. The number of hydrogen-bond acceptors (Lipinski definition) is 12. The van der Waals surface area contributed by atoms with Crippen LogP contribution in [0, 0.1) is 5.82 Å². The highest BCUT2D eigenvalue weighted by Gasteiger charge is 2.41. The van der Waals surface area contributed by atoms with E-state index in [1.165, 1.54) is 28.5 Å². The molecular weight excluding hydrogens is 836 g/mol. The van der Waals surface area contributed by atoms with Crippen molar-refractivity contribution in [3.05, 3.63) is 99.8 Å². The van der Waals surface area contributed by atoms with Crippen molar-refractivity contribution < 1.29 is 38.6 Å². The van der Waals surface area contributed by atoms with Gasteiger partial charge in [0, 0.05) is 109 Å². The molecule has 324 valence electrons. The third kappa shape index (κ3) is 8.35. The predicted octanol–water partition coefficient (Wildman–Crippen LogP) is 4.17. The van der Waals surface area contributed by atoms with Gasteiger partial charge in [0.25, 0.3) is 17.7 Å². The van der Waals surface area contributed by atoms with E-state index in [-0.39, 0.29) is 41.5 Å². The lowest BCUT2D eigenvalue weighted by Crippen LogP contribution is -2.54. The molecule has 3 aromatic carbocycles. The Morgan fingerprint density at radius 2 is 1.74 bits per heavy atom. The predicted molar refractivity (Wildman–Crippen MR) is 230 cm³/mol. The van der Waals surface area contributed by atoms with E-state index in [0.717, 1.165) is 72.9 Å². The number of benzene rings is 3. The molecule has 5 aliphatic heterocycles. The highest BCUT2D eigenvalue weighted by Crippen LogP contribution is 2.39. The molecule has 15 nitrogen and oxygen atoms in total. The topological polar surface area (TPSA) is 179 Å². The molecule has 6 heterocycles. The van der Waals surface area contributed by atoms with Gasteiger partial charge in [0.05, 0.1) is 0 Å². The van der Waals surface area contributed by atoms with E-state index in [4.69, 9.17) is 0 Å². The SMILES string of the molecule is O=C1NC(O)CCC1N1Cc2c(SCCC(=O)N3CCN(C4CCN(c5ccc6c(c5)C(=O)N(C(C(=O)Nc5nccs5)c5cc(F)ccc5O)C6)CC4)CC3)cccc2C1=O. The number of nitrogens with zero attached hydrogens (tertiary/aromatic N) is 6. The number of carbonyl (C=O) groups excluding carboxylic acids is 5. The minimum absolute atomic E-state index is 0.0122. The second-order valence-electron chi connectivity index (χ2n) is 16.3. The number of anilines is 2. The van der Waals surface area contributed by atoms with Gasteiger partial charge in [0.1, 0.15) is 29.9 Å². The third-order valence-electron chi connectivity index (χ3n) is 12.7. The van der Waals surface area contributed by atoms with Gasteiger partial charge in [-0.15, -0.1) is 23.1 Å². The molecular formula is C44H47FN8O7S2. The highest BCUT2D eigenvalue weighted by atomic mass is 32.2. The molecule has 4 N–H and O–H groups in total. The number of aromatic hydroxyl groups is 1. The second-order valence-corrected chi connectivity index (χ2v) is 18.3. The quantitative estimate of drug-likeness (QED) is 0.159. The number of thioether (sulfide) groups is 1. The molecule has 0 aliphatic carbocycles. The van der Waals surface area contributed by atoms with E-state index in [0.29, 0.717) is 66.9 Å². The van der Waals surface area contributed by atoms with Crippen molar-refractivity contribution in [1.29, 1.82) is 0 Å². The standard InChI is InChI=1S/C44H47FN8O7S2/c45-27-5-8-35(54)32(22-27)39(41(58)48-44-46-13-21-62-44)53-24-26-4-6-29(23-31(26)43(53)60)49-14-10-28(11-15-49)50-16-18-51(19-17-50)38(56)12-20-61-36-3-1-2-30-33(36)25-52(42(30)59)34-7-9-37(55)47-40(34)57/h1-6,8,13,21-23,28,34,37,39,54-55H,7,9-12,14-20,24-25H2,(H,47,57)(H,46,48,58). The molecule has 0 radical (unpaired) electrons. The lowest BCUT2D eigenvalue weighted by atomic mass is 10.0. The first kappa shape index (κ1) is 41.8. The van der Waals surface area contributed by atoms with Gasteiger partial charge in [-0.05, 0) is 79.3 Å². The molecule has 3 atom stereocenters. The first-order chi connectivity index (χ1) is 30.0. The number of piperidine rings is 2. The number of rotatable bonds is 11. The fraction of sp³-hybridized carbons (Fsp3) is 0.409. The van der Waals surface area contributed by atoms with Crippen LogP contribution in [0.25, 0.3) is 0 Å². The van der Waals surface area contributed by atoms with E-state index in [9.17, 15) is 38.6 Å².